The van der Waals surface area contributed by atoms with E-state index in [4.69, 9.17) is 11.5 Å². The third-order valence-electron chi connectivity index (χ3n) is 3.40. The molecule has 4 N–H and O–H groups in total. The van der Waals surface area contributed by atoms with E-state index < -0.39 is 11.9 Å². The monoisotopic (exact) mass is 226 g/mol. The summed E-state index contributed by atoms with van der Waals surface area (Å²) < 4.78 is 0. The average molecular weight is 226 g/mol. The maximum atomic E-state index is 11.5. The van der Waals surface area contributed by atoms with E-state index in [-0.39, 0.29) is 5.91 Å². The topological polar surface area (TPSA) is 92.7 Å². The molecule has 0 radical (unpaired) electrons. The highest BCUT2D eigenvalue weighted by atomic mass is 16.2. The van der Waals surface area contributed by atoms with Crippen LogP contribution in [0.1, 0.15) is 12.8 Å². The molecular formula is C10H18N4O2. The quantitative estimate of drug-likeness (QED) is 0.588. The largest absolute Gasteiger partial charge is 0.368 e. The third-order valence-corrected chi connectivity index (χ3v) is 3.40. The number of fused-ring (bicyclic) bond motifs is 1. The van der Waals surface area contributed by atoms with Crippen molar-refractivity contribution in [2.75, 3.05) is 26.2 Å². The standard InChI is InChI=1S/C10H18N4O2/c11-8(10(12)16)6-13-3-4-14-7(5-13)1-2-9(14)15/h7-8H,1-6,11H2,(H2,12,16). The Morgan fingerprint density at radius 1 is 1.50 bits per heavy atom. The lowest BCUT2D eigenvalue weighted by Crippen LogP contribution is -2.55. The van der Waals surface area contributed by atoms with Gasteiger partial charge in [0.05, 0.1) is 6.04 Å². The van der Waals surface area contributed by atoms with E-state index in [1.54, 1.807) is 0 Å². The lowest BCUT2D eigenvalue weighted by atomic mass is 10.1. The Labute approximate surface area is 94.5 Å². The molecule has 2 saturated heterocycles. The van der Waals surface area contributed by atoms with E-state index in [2.05, 4.69) is 4.90 Å². The number of amides is 2. The van der Waals surface area contributed by atoms with Crippen LogP contribution >= 0.6 is 0 Å². The zero-order chi connectivity index (χ0) is 11.7. The molecule has 2 aliphatic rings. The molecule has 2 amide bonds. The van der Waals surface area contributed by atoms with Crippen molar-refractivity contribution in [1.29, 1.82) is 0 Å². The number of primary amides is 1. The van der Waals surface area contributed by atoms with Gasteiger partial charge < -0.3 is 16.4 Å². The SMILES string of the molecule is NC(=O)C(N)CN1CCN2C(=O)CCC2C1. The second kappa shape index (κ2) is 4.39. The highest BCUT2D eigenvalue weighted by molar-refractivity contribution is 5.80. The molecule has 6 nitrogen and oxygen atoms in total. The molecule has 2 heterocycles. The Morgan fingerprint density at radius 2 is 2.25 bits per heavy atom. The van der Waals surface area contributed by atoms with Crippen LogP contribution in [0.2, 0.25) is 0 Å². The molecule has 0 saturated carbocycles. The van der Waals surface area contributed by atoms with E-state index in [0.717, 1.165) is 26.1 Å². The molecule has 0 aromatic carbocycles. The van der Waals surface area contributed by atoms with Crippen molar-refractivity contribution in [2.45, 2.75) is 24.9 Å². The van der Waals surface area contributed by atoms with E-state index >= 15 is 0 Å². The summed E-state index contributed by atoms with van der Waals surface area (Å²) in [6.07, 6.45) is 1.57. The lowest BCUT2D eigenvalue weighted by molar-refractivity contribution is -0.131. The number of nitrogens with zero attached hydrogens (tertiary/aromatic N) is 2. The highest BCUT2D eigenvalue weighted by Crippen LogP contribution is 2.22. The lowest BCUT2D eigenvalue weighted by Gasteiger charge is -2.38. The van der Waals surface area contributed by atoms with Crippen LogP contribution in [0.15, 0.2) is 0 Å². The van der Waals surface area contributed by atoms with E-state index in [0.29, 0.717) is 19.0 Å². The summed E-state index contributed by atoms with van der Waals surface area (Å²) in [4.78, 5) is 26.4. The van der Waals surface area contributed by atoms with Crippen molar-refractivity contribution in [3.05, 3.63) is 0 Å². The first kappa shape index (κ1) is 11.3. The first-order valence-electron chi connectivity index (χ1n) is 5.64. The number of carbonyl (C=O) groups is 2. The van der Waals surface area contributed by atoms with Crippen LogP contribution in [0.25, 0.3) is 0 Å². The molecule has 2 unspecified atom stereocenters. The van der Waals surface area contributed by atoms with Crippen molar-refractivity contribution in [3.63, 3.8) is 0 Å². The Balaban J connectivity index is 1.87. The van der Waals surface area contributed by atoms with Crippen molar-refractivity contribution in [1.82, 2.24) is 9.80 Å². The minimum Gasteiger partial charge on any atom is -0.368 e. The van der Waals surface area contributed by atoms with Gasteiger partial charge in [-0.05, 0) is 6.42 Å². The molecule has 0 bridgehead atoms. The zero-order valence-corrected chi connectivity index (χ0v) is 9.26. The van der Waals surface area contributed by atoms with Gasteiger partial charge in [-0.15, -0.1) is 0 Å². The van der Waals surface area contributed by atoms with Gasteiger partial charge in [-0.1, -0.05) is 0 Å². The summed E-state index contributed by atoms with van der Waals surface area (Å²) in [5, 5.41) is 0. The number of carbonyl (C=O) groups excluding carboxylic acids is 2. The van der Waals surface area contributed by atoms with E-state index in [1.165, 1.54) is 0 Å². The first-order chi connectivity index (χ1) is 7.58. The van der Waals surface area contributed by atoms with Crippen LogP contribution < -0.4 is 11.5 Å². The smallest absolute Gasteiger partial charge is 0.235 e. The molecule has 90 valence electrons. The summed E-state index contributed by atoms with van der Waals surface area (Å²) >= 11 is 0. The molecule has 6 heteroatoms. The number of piperazine rings is 1. The molecule has 0 aliphatic carbocycles. The fourth-order valence-corrected chi connectivity index (χ4v) is 2.46. The minimum absolute atomic E-state index is 0.254. The van der Waals surface area contributed by atoms with Crippen molar-refractivity contribution >= 4 is 11.8 Å². The fraction of sp³-hybridized carbons (Fsp3) is 0.800. The second-order valence-corrected chi connectivity index (χ2v) is 4.55. The van der Waals surface area contributed by atoms with E-state index in [1.807, 2.05) is 4.90 Å². The molecule has 0 aromatic heterocycles. The zero-order valence-electron chi connectivity index (χ0n) is 9.26. The summed E-state index contributed by atoms with van der Waals surface area (Å²) in [6.45, 7) is 2.83. The minimum atomic E-state index is -0.608. The summed E-state index contributed by atoms with van der Waals surface area (Å²) in [7, 11) is 0. The van der Waals surface area contributed by atoms with Gasteiger partial charge in [-0.3, -0.25) is 14.5 Å². The maximum Gasteiger partial charge on any atom is 0.235 e. The highest BCUT2D eigenvalue weighted by Gasteiger charge is 2.35. The Kier molecular flexibility index (Phi) is 3.11. The summed E-state index contributed by atoms with van der Waals surface area (Å²) in [5.74, 6) is -0.214. The van der Waals surface area contributed by atoms with Gasteiger partial charge >= 0.3 is 0 Å². The number of hydrogen-bond acceptors (Lipinski definition) is 4. The van der Waals surface area contributed by atoms with Gasteiger partial charge in [-0.25, -0.2) is 0 Å². The molecule has 0 spiro atoms. The molecule has 2 rings (SSSR count). The second-order valence-electron chi connectivity index (χ2n) is 4.55. The Morgan fingerprint density at radius 3 is 2.94 bits per heavy atom. The summed E-state index contributed by atoms with van der Waals surface area (Å²) in [6, 6.07) is -0.301. The number of hydrogen-bond donors (Lipinski definition) is 2. The van der Waals surface area contributed by atoms with E-state index in [9.17, 15) is 9.59 Å². The Hall–Kier alpha value is -1.14. The molecule has 2 fully saturated rings. The predicted octanol–water partition coefficient (Wildman–Crippen LogP) is -1.89. The normalized spacial score (nSPS) is 27.9. The van der Waals surface area contributed by atoms with Gasteiger partial charge in [-0.2, -0.15) is 0 Å². The molecule has 2 atom stereocenters. The van der Waals surface area contributed by atoms with Crippen LogP contribution in [-0.2, 0) is 9.59 Å². The molecule has 0 aromatic rings. The third kappa shape index (κ3) is 2.17. The van der Waals surface area contributed by atoms with Crippen LogP contribution in [0.3, 0.4) is 0 Å². The van der Waals surface area contributed by atoms with Gasteiger partial charge in [0.1, 0.15) is 0 Å². The fourth-order valence-electron chi connectivity index (χ4n) is 2.46. The first-order valence-corrected chi connectivity index (χ1v) is 5.64. The average Bonchev–Trinajstić information content (AvgIpc) is 2.60. The number of nitrogens with two attached hydrogens (primary N) is 2. The molecule has 16 heavy (non-hydrogen) atoms. The predicted molar refractivity (Wildman–Crippen MR) is 58.3 cm³/mol. The van der Waals surface area contributed by atoms with Crippen molar-refractivity contribution in [2.24, 2.45) is 11.5 Å². The van der Waals surface area contributed by atoms with Crippen LogP contribution in [0, 0.1) is 0 Å². The van der Waals surface area contributed by atoms with Crippen LogP contribution in [-0.4, -0.2) is 59.9 Å². The van der Waals surface area contributed by atoms with Crippen molar-refractivity contribution in [3.8, 4) is 0 Å². The van der Waals surface area contributed by atoms with Gasteiger partial charge in [0.25, 0.3) is 0 Å². The van der Waals surface area contributed by atoms with Gasteiger partial charge in [0.15, 0.2) is 0 Å². The van der Waals surface area contributed by atoms with Crippen LogP contribution in [0.4, 0.5) is 0 Å². The van der Waals surface area contributed by atoms with Crippen LogP contribution in [0.5, 0.6) is 0 Å². The maximum absolute atomic E-state index is 11.5. The molecular weight excluding hydrogens is 208 g/mol. The Bertz CT molecular complexity index is 307. The number of rotatable bonds is 3. The summed E-state index contributed by atoms with van der Waals surface area (Å²) in [5.41, 5.74) is 10.7. The van der Waals surface area contributed by atoms with Gasteiger partial charge in [0.2, 0.25) is 11.8 Å². The van der Waals surface area contributed by atoms with Gasteiger partial charge in [0, 0.05) is 38.6 Å². The molecule has 2 aliphatic heterocycles. The van der Waals surface area contributed by atoms with Crippen molar-refractivity contribution < 1.29 is 9.59 Å².